The van der Waals surface area contributed by atoms with E-state index < -0.39 is 10.0 Å². The molecule has 0 atom stereocenters. The Morgan fingerprint density at radius 2 is 2.07 bits per heavy atom. The fraction of sp³-hybridized carbons (Fsp3) is 0.444. The Morgan fingerprint density at radius 3 is 2.68 bits per heavy atom. The molecule has 7 nitrogen and oxygen atoms in total. The Labute approximate surface area is 173 Å². The summed E-state index contributed by atoms with van der Waals surface area (Å²) >= 11 is 6.99. The van der Waals surface area contributed by atoms with E-state index in [0.717, 1.165) is 29.7 Å². The quantitative estimate of drug-likeness (QED) is 0.698. The number of anilines is 1. The zero-order valence-electron chi connectivity index (χ0n) is 15.6. The molecule has 2 aromatic heterocycles. The summed E-state index contributed by atoms with van der Waals surface area (Å²) in [4.78, 5) is 20.8. The van der Waals surface area contributed by atoms with E-state index in [9.17, 15) is 13.2 Å². The highest BCUT2D eigenvalue weighted by molar-refractivity contribution is 7.91. The average Bonchev–Trinajstić information content (AvgIpc) is 3.18. The first kappa shape index (κ1) is 19.6. The Morgan fingerprint density at radius 1 is 1.32 bits per heavy atom. The summed E-state index contributed by atoms with van der Waals surface area (Å²) in [5.41, 5.74) is 0.941. The number of carbonyl (C=O) groups excluding carboxylic acids is 1. The average molecular weight is 441 g/mol. The number of fused-ring (bicyclic) bond motifs is 1. The smallest absolute Gasteiger partial charge is 0.258 e. The second-order valence-corrected chi connectivity index (χ2v) is 10.8. The summed E-state index contributed by atoms with van der Waals surface area (Å²) in [6.45, 7) is 5.33. The molecular formula is C18H21ClN4O3S2. The molecule has 1 amide bonds. The van der Waals surface area contributed by atoms with Crippen LogP contribution >= 0.6 is 22.9 Å². The van der Waals surface area contributed by atoms with Gasteiger partial charge in [-0.3, -0.25) is 4.79 Å². The standard InChI is InChI=1S/C18H21ClN4O3S2/c1-3-22-11-23(10-12-4-5-14(19)20-9-12)16(24)13-8-15(27-17(13)22)28(25,26)21-18(2)6-7-18/h4-5,8-9,21H,3,6-7,10-11H2,1-2H3. The van der Waals surface area contributed by atoms with Crippen LogP contribution in [0.3, 0.4) is 0 Å². The maximum atomic E-state index is 13.0. The lowest BCUT2D eigenvalue weighted by atomic mass is 10.2. The number of pyridine rings is 1. The summed E-state index contributed by atoms with van der Waals surface area (Å²) < 4.78 is 28.4. The molecule has 10 heteroatoms. The molecule has 1 saturated carbocycles. The second-order valence-electron chi connectivity index (χ2n) is 7.44. The molecular weight excluding hydrogens is 420 g/mol. The van der Waals surface area contributed by atoms with Gasteiger partial charge in [0.25, 0.3) is 15.9 Å². The predicted octanol–water partition coefficient (Wildman–Crippen LogP) is 3.07. The van der Waals surface area contributed by atoms with Crippen molar-refractivity contribution in [3.05, 3.63) is 40.7 Å². The third-order valence-electron chi connectivity index (χ3n) is 5.03. The highest BCUT2D eigenvalue weighted by Gasteiger charge is 2.42. The van der Waals surface area contributed by atoms with Crippen LogP contribution in [0.15, 0.2) is 28.6 Å². The molecule has 28 heavy (non-hydrogen) atoms. The predicted molar refractivity (Wildman–Crippen MR) is 109 cm³/mol. The Balaban J connectivity index is 1.63. The SMILES string of the molecule is CCN1CN(Cc2ccc(Cl)nc2)C(=O)c2cc(S(=O)(=O)NC3(C)CC3)sc21. The maximum absolute atomic E-state index is 13.0. The summed E-state index contributed by atoms with van der Waals surface area (Å²) in [6.07, 6.45) is 3.31. The van der Waals surface area contributed by atoms with E-state index in [2.05, 4.69) is 9.71 Å². The van der Waals surface area contributed by atoms with Gasteiger partial charge in [-0.2, -0.15) is 0 Å². The maximum Gasteiger partial charge on any atom is 0.258 e. The van der Waals surface area contributed by atoms with Crippen LogP contribution in [0.5, 0.6) is 0 Å². The summed E-state index contributed by atoms with van der Waals surface area (Å²) in [6, 6.07) is 5.03. The second kappa shape index (κ2) is 6.98. The number of sulfonamides is 1. The van der Waals surface area contributed by atoms with Gasteiger partial charge in [0, 0.05) is 24.8 Å². The Kier molecular flexibility index (Phi) is 4.89. The van der Waals surface area contributed by atoms with E-state index in [1.165, 1.54) is 6.07 Å². The number of nitrogens with one attached hydrogen (secondary N) is 1. The first-order valence-corrected chi connectivity index (χ1v) is 11.7. The number of rotatable bonds is 6. The first-order chi connectivity index (χ1) is 13.2. The number of carbonyl (C=O) groups is 1. The molecule has 1 fully saturated rings. The van der Waals surface area contributed by atoms with Crippen molar-refractivity contribution in [2.24, 2.45) is 0 Å². The third kappa shape index (κ3) is 3.76. The highest BCUT2D eigenvalue weighted by Crippen LogP contribution is 2.41. The molecule has 3 heterocycles. The van der Waals surface area contributed by atoms with E-state index in [0.29, 0.717) is 35.5 Å². The van der Waals surface area contributed by atoms with Gasteiger partial charge in [0.15, 0.2) is 0 Å². The molecule has 0 saturated heterocycles. The van der Waals surface area contributed by atoms with E-state index in [1.807, 2.05) is 24.8 Å². The van der Waals surface area contributed by atoms with Crippen LogP contribution in [-0.2, 0) is 16.6 Å². The van der Waals surface area contributed by atoms with Crippen LogP contribution in [0.2, 0.25) is 5.15 Å². The monoisotopic (exact) mass is 440 g/mol. The largest absolute Gasteiger partial charge is 0.345 e. The topological polar surface area (TPSA) is 82.6 Å². The number of hydrogen-bond acceptors (Lipinski definition) is 6. The van der Waals surface area contributed by atoms with Crippen molar-refractivity contribution < 1.29 is 13.2 Å². The zero-order valence-corrected chi connectivity index (χ0v) is 18.0. The van der Waals surface area contributed by atoms with Crippen LogP contribution in [0.1, 0.15) is 42.6 Å². The van der Waals surface area contributed by atoms with Gasteiger partial charge >= 0.3 is 0 Å². The normalized spacial score (nSPS) is 18.3. The van der Waals surface area contributed by atoms with Crippen molar-refractivity contribution in [2.75, 3.05) is 18.1 Å². The summed E-state index contributed by atoms with van der Waals surface area (Å²) in [5, 5.41) is 1.11. The molecule has 1 aliphatic carbocycles. The van der Waals surface area contributed by atoms with Gasteiger partial charge in [-0.15, -0.1) is 11.3 Å². The molecule has 0 radical (unpaired) electrons. The molecule has 150 valence electrons. The van der Waals surface area contributed by atoms with Crippen molar-refractivity contribution in [1.82, 2.24) is 14.6 Å². The van der Waals surface area contributed by atoms with E-state index in [1.54, 1.807) is 17.2 Å². The fourth-order valence-electron chi connectivity index (χ4n) is 3.13. The zero-order chi connectivity index (χ0) is 20.1. The van der Waals surface area contributed by atoms with Gasteiger partial charge in [0.1, 0.15) is 14.4 Å². The van der Waals surface area contributed by atoms with Crippen LogP contribution < -0.4 is 9.62 Å². The van der Waals surface area contributed by atoms with Crippen LogP contribution in [-0.4, -0.2) is 43.0 Å². The van der Waals surface area contributed by atoms with Gasteiger partial charge in [0.2, 0.25) is 0 Å². The first-order valence-electron chi connectivity index (χ1n) is 9.03. The van der Waals surface area contributed by atoms with Gasteiger partial charge in [-0.1, -0.05) is 17.7 Å². The summed E-state index contributed by atoms with van der Waals surface area (Å²) in [7, 11) is -3.64. The van der Waals surface area contributed by atoms with Gasteiger partial charge in [-0.05, 0) is 44.4 Å². The molecule has 1 N–H and O–H groups in total. The number of aromatic nitrogens is 1. The minimum Gasteiger partial charge on any atom is -0.345 e. The van der Waals surface area contributed by atoms with E-state index >= 15 is 0 Å². The van der Waals surface area contributed by atoms with Crippen molar-refractivity contribution in [1.29, 1.82) is 0 Å². The number of halogens is 1. The molecule has 0 bridgehead atoms. The minimum absolute atomic E-state index is 0.176. The lowest BCUT2D eigenvalue weighted by Crippen LogP contribution is -2.45. The number of thiophene rings is 1. The lowest BCUT2D eigenvalue weighted by Gasteiger charge is -2.35. The van der Waals surface area contributed by atoms with Gasteiger partial charge in [0.05, 0.1) is 12.2 Å². The minimum atomic E-state index is -3.64. The number of amides is 1. The molecule has 2 aromatic rings. The van der Waals surface area contributed by atoms with Crippen molar-refractivity contribution in [3.63, 3.8) is 0 Å². The van der Waals surface area contributed by atoms with E-state index in [4.69, 9.17) is 11.6 Å². The molecule has 2 aliphatic rings. The lowest BCUT2D eigenvalue weighted by molar-refractivity contribution is 0.0730. The van der Waals surface area contributed by atoms with Crippen LogP contribution in [0.25, 0.3) is 0 Å². The molecule has 0 aromatic carbocycles. The molecule has 0 unspecified atom stereocenters. The third-order valence-corrected chi connectivity index (χ3v) is 8.56. The fourth-order valence-corrected chi connectivity index (χ4v) is 6.21. The van der Waals surface area contributed by atoms with Crippen LogP contribution in [0, 0.1) is 0 Å². The molecule has 4 rings (SSSR count). The Bertz CT molecular complexity index is 1020. The molecule has 0 spiro atoms. The van der Waals surface area contributed by atoms with E-state index in [-0.39, 0.29) is 15.7 Å². The highest BCUT2D eigenvalue weighted by atomic mass is 35.5. The van der Waals surface area contributed by atoms with Crippen molar-refractivity contribution in [2.45, 2.75) is 43.0 Å². The molecule has 1 aliphatic heterocycles. The van der Waals surface area contributed by atoms with Gasteiger partial charge < -0.3 is 9.80 Å². The van der Waals surface area contributed by atoms with Crippen molar-refractivity contribution in [3.8, 4) is 0 Å². The van der Waals surface area contributed by atoms with Gasteiger partial charge in [-0.25, -0.2) is 18.1 Å². The van der Waals surface area contributed by atoms with Crippen LogP contribution in [0.4, 0.5) is 5.00 Å². The summed E-state index contributed by atoms with van der Waals surface area (Å²) in [5.74, 6) is -0.176. The van der Waals surface area contributed by atoms with Crippen molar-refractivity contribution >= 4 is 43.9 Å². The number of hydrogen-bond donors (Lipinski definition) is 1. The number of nitrogens with zero attached hydrogens (tertiary/aromatic N) is 3. The Hall–Kier alpha value is -1.68.